The second kappa shape index (κ2) is 9.35. The SMILES string of the molecule is CN(C(=O)O)C(c1ccccc1Sc1ncc(F)cc1C=O)C1c2ccccc2-c2ccccc21. The number of benzene rings is 3. The molecular formula is C28H21FN2O3S. The molecule has 1 aliphatic rings. The van der Waals surface area contributed by atoms with Crippen molar-refractivity contribution < 1.29 is 19.1 Å². The van der Waals surface area contributed by atoms with Crippen LogP contribution in [0.5, 0.6) is 0 Å². The molecule has 0 spiro atoms. The van der Waals surface area contributed by atoms with E-state index in [9.17, 15) is 19.1 Å². The van der Waals surface area contributed by atoms with E-state index in [1.807, 2.05) is 60.7 Å². The van der Waals surface area contributed by atoms with Gasteiger partial charge in [0, 0.05) is 23.4 Å². The van der Waals surface area contributed by atoms with Crippen LogP contribution in [-0.4, -0.2) is 34.4 Å². The number of carbonyl (C=O) groups is 2. The van der Waals surface area contributed by atoms with E-state index in [-0.39, 0.29) is 11.5 Å². The van der Waals surface area contributed by atoms with Gasteiger partial charge in [0.1, 0.15) is 10.8 Å². The second-order valence-electron chi connectivity index (χ2n) is 8.30. The molecule has 0 radical (unpaired) electrons. The molecule has 0 saturated heterocycles. The number of aromatic nitrogens is 1. The maximum Gasteiger partial charge on any atom is 0.407 e. The average Bonchev–Trinajstić information content (AvgIpc) is 3.20. The summed E-state index contributed by atoms with van der Waals surface area (Å²) in [7, 11) is 1.57. The van der Waals surface area contributed by atoms with Gasteiger partial charge in [-0.1, -0.05) is 78.5 Å². The maximum atomic E-state index is 13.7. The van der Waals surface area contributed by atoms with Crippen molar-refractivity contribution in [2.75, 3.05) is 7.05 Å². The molecule has 0 fully saturated rings. The first-order valence-corrected chi connectivity index (χ1v) is 11.8. The van der Waals surface area contributed by atoms with Gasteiger partial charge in [-0.25, -0.2) is 14.2 Å². The number of fused-ring (bicyclic) bond motifs is 3. The molecule has 1 heterocycles. The molecule has 5 nitrogen and oxygen atoms in total. The molecule has 35 heavy (non-hydrogen) atoms. The summed E-state index contributed by atoms with van der Waals surface area (Å²) in [6, 6.07) is 24.2. The van der Waals surface area contributed by atoms with Gasteiger partial charge in [-0.3, -0.25) is 4.79 Å². The van der Waals surface area contributed by atoms with Crippen molar-refractivity contribution in [1.82, 2.24) is 9.88 Å². The largest absolute Gasteiger partial charge is 0.465 e. The number of aldehydes is 1. The Labute approximate surface area is 206 Å². The van der Waals surface area contributed by atoms with E-state index in [0.717, 1.165) is 45.0 Å². The molecule has 3 aromatic carbocycles. The number of rotatable bonds is 6. The normalized spacial score (nSPS) is 13.1. The van der Waals surface area contributed by atoms with Crippen molar-refractivity contribution in [2.24, 2.45) is 0 Å². The lowest BCUT2D eigenvalue weighted by Crippen LogP contribution is -2.34. The van der Waals surface area contributed by atoms with E-state index in [4.69, 9.17) is 0 Å². The zero-order chi connectivity index (χ0) is 24.5. The highest BCUT2D eigenvalue weighted by Crippen LogP contribution is 2.53. The highest BCUT2D eigenvalue weighted by atomic mass is 32.2. The van der Waals surface area contributed by atoms with Crippen LogP contribution >= 0.6 is 11.8 Å². The van der Waals surface area contributed by atoms with E-state index in [2.05, 4.69) is 17.1 Å². The Morgan fingerprint density at radius 3 is 2.26 bits per heavy atom. The predicted octanol–water partition coefficient (Wildman–Crippen LogP) is 6.65. The number of hydrogen-bond donors (Lipinski definition) is 1. The van der Waals surface area contributed by atoms with Crippen LogP contribution < -0.4 is 0 Å². The molecule has 4 aromatic rings. The maximum absolute atomic E-state index is 13.7. The number of hydrogen-bond acceptors (Lipinski definition) is 4. The topological polar surface area (TPSA) is 70.5 Å². The Morgan fingerprint density at radius 1 is 1.03 bits per heavy atom. The molecule has 1 unspecified atom stereocenters. The molecule has 1 atom stereocenters. The van der Waals surface area contributed by atoms with Crippen LogP contribution in [0.15, 0.2) is 95.0 Å². The van der Waals surface area contributed by atoms with Crippen molar-refractivity contribution in [3.63, 3.8) is 0 Å². The Bertz CT molecular complexity index is 1400. The van der Waals surface area contributed by atoms with Crippen molar-refractivity contribution >= 4 is 24.1 Å². The molecule has 1 aromatic heterocycles. The lowest BCUT2D eigenvalue weighted by Gasteiger charge is -2.33. The molecule has 0 aliphatic heterocycles. The molecule has 174 valence electrons. The summed E-state index contributed by atoms with van der Waals surface area (Å²) < 4.78 is 13.7. The highest BCUT2D eigenvalue weighted by molar-refractivity contribution is 7.99. The molecule has 1 aliphatic carbocycles. The van der Waals surface area contributed by atoms with Crippen molar-refractivity contribution in [3.8, 4) is 11.1 Å². The van der Waals surface area contributed by atoms with Crippen molar-refractivity contribution in [1.29, 1.82) is 0 Å². The number of nitrogens with zero attached hydrogens (tertiary/aromatic N) is 2. The van der Waals surface area contributed by atoms with E-state index in [1.165, 1.54) is 16.7 Å². The van der Waals surface area contributed by atoms with Gasteiger partial charge in [-0.15, -0.1) is 0 Å². The summed E-state index contributed by atoms with van der Waals surface area (Å²) in [6.07, 6.45) is 0.596. The summed E-state index contributed by atoms with van der Waals surface area (Å²) in [5.74, 6) is -0.829. The van der Waals surface area contributed by atoms with E-state index < -0.39 is 18.0 Å². The summed E-state index contributed by atoms with van der Waals surface area (Å²) >= 11 is 1.22. The van der Waals surface area contributed by atoms with Gasteiger partial charge in [0.2, 0.25) is 0 Å². The third kappa shape index (κ3) is 4.08. The Hall–Kier alpha value is -3.97. The van der Waals surface area contributed by atoms with Crippen LogP contribution in [0.25, 0.3) is 11.1 Å². The fraction of sp³-hybridized carbons (Fsp3) is 0.107. The van der Waals surface area contributed by atoms with Gasteiger partial charge in [-0.2, -0.15) is 0 Å². The van der Waals surface area contributed by atoms with Crippen molar-refractivity contribution in [3.05, 3.63) is 113 Å². The molecule has 1 amide bonds. The Balaban J connectivity index is 1.68. The third-order valence-corrected chi connectivity index (χ3v) is 7.46. The summed E-state index contributed by atoms with van der Waals surface area (Å²) in [4.78, 5) is 30.1. The minimum absolute atomic E-state index is 0.143. The first-order chi connectivity index (χ1) is 17.0. The van der Waals surface area contributed by atoms with Crippen LogP contribution in [0.4, 0.5) is 9.18 Å². The predicted molar refractivity (Wildman–Crippen MR) is 132 cm³/mol. The lowest BCUT2D eigenvalue weighted by atomic mass is 9.84. The molecule has 0 bridgehead atoms. The number of likely N-dealkylation sites (N-methyl/N-ethyl adjacent to an activating group) is 1. The van der Waals surface area contributed by atoms with E-state index in [1.54, 1.807) is 7.05 Å². The quantitative estimate of drug-likeness (QED) is 0.310. The van der Waals surface area contributed by atoms with Gasteiger partial charge in [0.25, 0.3) is 0 Å². The number of carbonyl (C=O) groups excluding carboxylic acids is 1. The average molecular weight is 485 g/mol. The number of amides is 1. The Kier molecular flexibility index (Phi) is 6.09. The standard InChI is InChI=1S/C28H21FN2O3S/c1-31(28(33)34)26(25-21-10-4-2-8-19(21)20-9-3-5-11-22(20)25)23-12-6-7-13-24(23)35-27-17(16-32)14-18(29)15-30-27/h2-16,25-26H,1H3,(H,33,34). The first-order valence-electron chi connectivity index (χ1n) is 11.0. The molecule has 5 rings (SSSR count). The van der Waals surface area contributed by atoms with Crippen molar-refractivity contribution in [2.45, 2.75) is 21.9 Å². The van der Waals surface area contributed by atoms with Crippen LogP contribution in [0, 0.1) is 5.82 Å². The molecule has 0 saturated carbocycles. The fourth-order valence-electron chi connectivity index (χ4n) is 4.80. The van der Waals surface area contributed by atoms with Crippen LogP contribution in [-0.2, 0) is 0 Å². The van der Waals surface area contributed by atoms with Gasteiger partial charge >= 0.3 is 6.09 Å². The number of pyridine rings is 1. The fourth-order valence-corrected chi connectivity index (χ4v) is 5.79. The second-order valence-corrected chi connectivity index (χ2v) is 9.33. The highest BCUT2D eigenvalue weighted by Gasteiger charge is 2.39. The van der Waals surface area contributed by atoms with E-state index in [0.29, 0.717) is 11.3 Å². The van der Waals surface area contributed by atoms with Crippen LogP contribution in [0.1, 0.15) is 39.0 Å². The molecular weight excluding hydrogens is 463 g/mol. The smallest absolute Gasteiger partial charge is 0.407 e. The molecule has 7 heteroatoms. The number of carboxylic acid groups (broad SMARTS) is 1. The third-order valence-electron chi connectivity index (χ3n) is 6.33. The zero-order valence-corrected chi connectivity index (χ0v) is 19.6. The van der Waals surface area contributed by atoms with E-state index >= 15 is 0 Å². The minimum Gasteiger partial charge on any atom is -0.465 e. The summed E-state index contributed by atoms with van der Waals surface area (Å²) in [5.41, 5.74) is 5.21. The van der Waals surface area contributed by atoms with Gasteiger partial charge in [0.15, 0.2) is 6.29 Å². The summed E-state index contributed by atoms with van der Waals surface area (Å²) in [6.45, 7) is 0. The summed E-state index contributed by atoms with van der Waals surface area (Å²) in [5, 5.41) is 10.4. The minimum atomic E-state index is -1.05. The van der Waals surface area contributed by atoms with Crippen LogP contribution in [0.3, 0.4) is 0 Å². The Morgan fingerprint density at radius 2 is 1.63 bits per heavy atom. The zero-order valence-electron chi connectivity index (χ0n) is 18.8. The first kappa shape index (κ1) is 22.8. The lowest BCUT2D eigenvalue weighted by molar-refractivity contribution is 0.111. The number of halogens is 1. The molecule has 1 N–H and O–H groups in total. The van der Waals surface area contributed by atoms with Gasteiger partial charge < -0.3 is 10.0 Å². The van der Waals surface area contributed by atoms with Gasteiger partial charge in [0.05, 0.1) is 12.2 Å². The monoisotopic (exact) mass is 484 g/mol. The van der Waals surface area contributed by atoms with Gasteiger partial charge in [-0.05, 0) is 39.9 Å². The van der Waals surface area contributed by atoms with Crippen LogP contribution in [0.2, 0.25) is 0 Å².